The molecule has 0 aliphatic heterocycles. The van der Waals surface area contributed by atoms with E-state index in [1.165, 1.54) is 18.2 Å². The largest absolute Gasteiger partial charge is 0.508 e. The van der Waals surface area contributed by atoms with Crippen LogP contribution in [-0.4, -0.2) is 36.1 Å². The second-order valence-electron chi connectivity index (χ2n) is 7.09. The van der Waals surface area contributed by atoms with E-state index in [0.29, 0.717) is 17.0 Å². The molecule has 0 heterocycles. The number of aromatic hydroxyl groups is 2. The molecule has 3 aromatic carbocycles. The molecule has 0 aliphatic rings. The zero-order valence-corrected chi connectivity index (χ0v) is 19.2. The van der Waals surface area contributed by atoms with Gasteiger partial charge < -0.3 is 20.4 Å². The smallest absolute Gasteiger partial charge is 0.339 e. The van der Waals surface area contributed by atoms with Crippen molar-refractivity contribution in [1.82, 2.24) is 5.43 Å². The van der Waals surface area contributed by atoms with Crippen molar-refractivity contribution in [2.24, 2.45) is 5.10 Å². The SMILES string of the molecule is CN(C)c1ccc(/C=C/C(=N\NC(=O)Nc2ccc(Br)cc2)c2ccc(O)cc2O)cc1. The lowest BCUT2D eigenvalue weighted by molar-refractivity contribution is 0.252. The van der Waals surface area contributed by atoms with Crippen molar-refractivity contribution in [1.29, 1.82) is 0 Å². The summed E-state index contributed by atoms with van der Waals surface area (Å²) >= 11 is 3.34. The highest BCUT2D eigenvalue weighted by atomic mass is 79.9. The molecule has 0 aliphatic carbocycles. The van der Waals surface area contributed by atoms with Gasteiger partial charge in [0.25, 0.3) is 0 Å². The van der Waals surface area contributed by atoms with Crippen LogP contribution in [0.25, 0.3) is 6.08 Å². The molecule has 0 saturated carbocycles. The van der Waals surface area contributed by atoms with E-state index < -0.39 is 6.03 Å². The molecule has 7 nitrogen and oxygen atoms in total. The Morgan fingerprint density at radius 3 is 2.31 bits per heavy atom. The topological polar surface area (TPSA) is 97.2 Å². The fraction of sp³-hybridized carbons (Fsp3) is 0.0833. The van der Waals surface area contributed by atoms with Crippen molar-refractivity contribution >= 4 is 45.1 Å². The van der Waals surface area contributed by atoms with Crippen LogP contribution in [-0.2, 0) is 0 Å². The second kappa shape index (κ2) is 10.5. The van der Waals surface area contributed by atoms with E-state index in [0.717, 1.165) is 15.7 Å². The number of nitrogens with one attached hydrogen (secondary N) is 2. The maximum Gasteiger partial charge on any atom is 0.339 e. The molecule has 3 aromatic rings. The summed E-state index contributed by atoms with van der Waals surface area (Å²) in [5.41, 5.74) is 5.69. The van der Waals surface area contributed by atoms with Gasteiger partial charge >= 0.3 is 6.03 Å². The summed E-state index contributed by atoms with van der Waals surface area (Å²) < 4.78 is 0.898. The molecule has 164 valence electrons. The summed E-state index contributed by atoms with van der Waals surface area (Å²) in [6.45, 7) is 0. The lowest BCUT2D eigenvalue weighted by Crippen LogP contribution is -2.25. The molecule has 4 N–H and O–H groups in total. The summed E-state index contributed by atoms with van der Waals surface area (Å²) in [6, 6.07) is 18.6. The van der Waals surface area contributed by atoms with Gasteiger partial charge in [0.2, 0.25) is 0 Å². The van der Waals surface area contributed by atoms with Crippen LogP contribution in [0.5, 0.6) is 11.5 Å². The average Bonchev–Trinajstić information content (AvgIpc) is 2.76. The zero-order chi connectivity index (χ0) is 23.1. The van der Waals surface area contributed by atoms with Crippen LogP contribution in [0.15, 0.2) is 82.4 Å². The Bertz CT molecular complexity index is 1140. The molecule has 0 fully saturated rings. The molecule has 0 bridgehead atoms. The third-order valence-corrected chi connectivity index (χ3v) is 5.01. The van der Waals surface area contributed by atoms with Gasteiger partial charge in [0.15, 0.2) is 0 Å². The van der Waals surface area contributed by atoms with Crippen molar-refractivity contribution < 1.29 is 15.0 Å². The number of hydrogen-bond donors (Lipinski definition) is 4. The molecule has 2 amide bonds. The zero-order valence-electron chi connectivity index (χ0n) is 17.6. The molecule has 3 rings (SSSR count). The maximum absolute atomic E-state index is 12.3. The van der Waals surface area contributed by atoms with E-state index >= 15 is 0 Å². The van der Waals surface area contributed by atoms with Gasteiger partial charge in [-0.05, 0) is 60.2 Å². The van der Waals surface area contributed by atoms with E-state index in [2.05, 4.69) is 31.8 Å². The molecule has 32 heavy (non-hydrogen) atoms. The molecular weight excluding hydrogens is 472 g/mol. The number of nitrogens with zero attached hydrogens (tertiary/aromatic N) is 2. The number of anilines is 2. The first-order chi connectivity index (χ1) is 15.3. The van der Waals surface area contributed by atoms with Crippen LogP contribution in [0.4, 0.5) is 16.2 Å². The number of phenols is 2. The number of urea groups is 1. The highest BCUT2D eigenvalue weighted by molar-refractivity contribution is 9.10. The van der Waals surface area contributed by atoms with E-state index in [1.807, 2.05) is 61.5 Å². The quantitative estimate of drug-likeness (QED) is 0.280. The monoisotopic (exact) mass is 494 g/mol. The van der Waals surface area contributed by atoms with E-state index in [4.69, 9.17) is 0 Å². The number of halogens is 1. The number of hydrazone groups is 1. The summed E-state index contributed by atoms with van der Waals surface area (Å²) in [5.74, 6) is -0.235. The molecule has 8 heteroatoms. The van der Waals surface area contributed by atoms with Crippen LogP contribution in [0.3, 0.4) is 0 Å². The number of rotatable bonds is 6. The van der Waals surface area contributed by atoms with Crippen LogP contribution < -0.4 is 15.6 Å². The summed E-state index contributed by atoms with van der Waals surface area (Å²) in [6.07, 6.45) is 3.50. The predicted octanol–water partition coefficient (Wildman–Crippen LogP) is 5.17. The van der Waals surface area contributed by atoms with Crippen LogP contribution >= 0.6 is 15.9 Å². The van der Waals surface area contributed by atoms with Crippen molar-refractivity contribution in [3.05, 3.63) is 88.4 Å². The van der Waals surface area contributed by atoms with E-state index in [1.54, 1.807) is 18.2 Å². The van der Waals surface area contributed by atoms with Crippen molar-refractivity contribution in [3.8, 4) is 11.5 Å². The highest BCUT2D eigenvalue weighted by Gasteiger charge is 2.09. The minimum Gasteiger partial charge on any atom is -0.508 e. The van der Waals surface area contributed by atoms with Crippen molar-refractivity contribution in [2.45, 2.75) is 0 Å². The predicted molar refractivity (Wildman–Crippen MR) is 132 cm³/mol. The number of amides is 2. The lowest BCUT2D eigenvalue weighted by Gasteiger charge is -2.12. The van der Waals surface area contributed by atoms with Gasteiger partial charge in [-0.1, -0.05) is 34.1 Å². The Morgan fingerprint density at radius 1 is 1.00 bits per heavy atom. The number of allylic oxidation sites excluding steroid dienone is 1. The molecule has 0 radical (unpaired) electrons. The van der Waals surface area contributed by atoms with Crippen LogP contribution in [0.2, 0.25) is 0 Å². The van der Waals surface area contributed by atoms with Gasteiger partial charge in [0.05, 0.1) is 5.71 Å². The highest BCUT2D eigenvalue weighted by Crippen LogP contribution is 2.24. The van der Waals surface area contributed by atoms with Crippen molar-refractivity contribution in [3.63, 3.8) is 0 Å². The first-order valence-corrected chi connectivity index (χ1v) is 10.5. The fourth-order valence-electron chi connectivity index (χ4n) is 2.79. The average molecular weight is 495 g/mol. The Labute approximate surface area is 194 Å². The maximum atomic E-state index is 12.3. The fourth-order valence-corrected chi connectivity index (χ4v) is 3.05. The normalized spacial score (nSPS) is 11.4. The third-order valence-electron chi connectivity index (χ3n) is 4.48. The Kier molecular flexibility index (Phi) is 7.51. The second-order valence-corrected chi connectivity index (χ2v) is 8.01. The number of carbonyl (C=O) groups is 1. The first-order valence-electron chi connectivity index (χ1n) is 9.70. The molecule has 0 spiro atoms. The van der Waals surface area contributed by atoms with E-state index in [-0.39, 0.29) is 11.5 Å². The molecule has 0 unspecified atom stereocenters. The standard InChI is InChI=1S/C24H23BrN4O3/c1-29(2)19-10-3-16(4-11-19)5-14-22(21-13-12-20(30)15-23(21)31)27-28-24(32)26-18-8-6-17(25)7-9-18/h3-15,30-31H,1-2H3,(H2,26,28,32)/b14-5+,27-22+. The van der Waals surface area contributed by atoms with Gasteiger partial charge in [0, 0.05) is 41.6 Å². The first kappa shape index (κ1) is 22.9. The number of benzene rings is 3. The molecule has 0 saturated heterocycles. The van der Waals surface area contributed by atoms with Gasteiger partial charge in [-0.15, -0.1) is 0 Å². The minimum atomic E-state index is -0.535. The number of carbonyl (C=O) groups excluding carboxylic acids is 1. The summed E-state index contributed by atoms with van der Waals surface area (Å²) in [7, 11) is 3.93. The third kappa shape index (κ3) is 6.36. The van der Waals surface area contributed by atoms with Gasteiger partial charge in [-0.25, -0.2) is 10.2 Å². The lowest BCUT2D eigenvalue weighted by atomic mass is 10.1. The van der Waals surface area contributed by atoms with E-state index in [9.17, 15) is 15.0 Å². The van der Waals surface area contributed by atoms with Gasteiger partial charge in [-0.3, -0.25) is 0 Å². The van der Waals surface area contributed by atoms with Gasteiger partial charge in [-0.2, -0.15) is 5.10 Å². The Hall–Kier alpha value is -3.78. The van der Waals surface area contributed by atoms with Crippen molar-refractivity contribution in [2.75, 3.05) is 24.3 Å². The Balaban J connectivity index is 1.82. The molecule has 0 atom stereocenters. The van der Waals surface area contributed by atoms with Crippen LogP contribution in [0.1, 0.15) is 11.1 Å². The Morgan fingerprint density at radius 2 is 1.69 bits per heavy atom. The minimum absolute atomic E-state index is 0.0743. The van der Waals surface area contributed by atoms with Gasteiger partial charge in [0.1, 0.15) is 11.5 Å². The summed E-state index contributed by atoms with van der Waals surface area (Å²) in [5, 5.41) is 26.7. The number of hydrogen-bond acceptors (Lipinski definition) is 5. The number of phenolic OH excluding ortho intramolecular Hbond substituents is 2. The summed E-state index contributed by atoms with van der Waals surface area (Å²) in [4.78, 5) is 14.3. The molecular formula is C24H23BrN4O3. The van der Waals surface area contributed by atoms with Crippen LogP contribution in [0, 0.1) is 0 Å². The molecule has 0 aromatic heterocycles.